The van der Waals surface area contributed by atoms with Crippen molar-refractivity contribution in [3.05, 3.63) is 78.8 Å². The van der Waals surface area contributed by atoms with Crippen molar-refractivity contribution in [2.24, 2.45) is 5.10 Å². The molecule has 0 aliphatic heterocycles. The number of rotatable bonds is 5. The first-order chi connectivity index (χ1) is 11.4. The number of carbonyl (C=O) groups is 1. The van der Waals surface area contributed by atoms with E-state index in [-0.39, 0.29) is 27.5 Å². The average Bonchev–Trinajstić information content (AvgIpc) is 2.56. The number of amides is 1. The molecule has 0 bridgehead atoms. The Kier molecular flexibility index (Phi) is 5.17. The third-order valence-electron chi connectivity index (χ3n) is 2.90. The lowest BCUT2D eigenvalue weighted by Gasteiger charge is -2.00. The minimum atomic E-state index is -0.595. The van der Waals surface area contributed by atoms with Crippen LogP contribution in [0.5, 0.6) is 0 Å². The lowest BCUT2D eigenvalue weighted by atomic mass is 10.2. The highest BCUT2D eigenvalue weighted by atomic mass is 35.5. The fraction of sp³-hybridized carbons (Fsp3) is 0. The molecular formula is C14H9ClN4O5. The Morgan fingerprint density at radius 3 is 2.21 bits per heavy atom. The zero-order chi connectivity index (χ0) is 17.7. The van der Waals surface area contributed by atoms with E-state index in [9.17, 15) is 25.0 Å². The second-order valence-corrected chi connectivity index (χ2v) is 4.87. The lowest BCUT2D eigenvalue weighted by molar-refractivity contribution is -0.385. The molecule has 0 fully saturated rings. The van der Waals surface area contributed by atoms with E-state index in [1.807, 2.05) is 0 Å². The van der Waals surface area contributed by atoms with Crippen LogP contribution in [0.2, 0.25) is 5.02 Å². The molecule has 0 spiro atoms. The van der Waals surface area contributed by atoms with Gasteiger partial charge in [0.15, 0.2) is 0 Å². The van der Waals surface area contributed by atoms with Crippen molar-refractivity contribution in [1.82, 2.24) is 5.43 Å². The molecule has 2 aromatic rings. The molecule has 122 valence electrons. The maximum atomic E-state index is 11.8. The normalized spacial score (nSPS) is 10.5. The van der Waals surface area contributed by atoms with Crippen molar-refractivity contribution < 1.29 is 14.6 Å². The monoisotopic (exact) mass is 348 g/mol. The Hall–Kier alpha value is -3.33. The summed E-state index contributed by atoms with van der Waals surface area (Å²) in [7, 11) is 0. The predicted octanol–water partition coefficient (Wildman–Crippen LogP) is 2.92. The third kappa shape index (κ3) is 4.11. The summed E-state index contributed by atoms with van der Waals surface area (Å²) in [4.78, 5) is 31.9. The molecule has 0 unspecified atom stereocenters. The van der Waals surface area contributed by atoms with E-state index in [1.54, 1.807) is 0 Å². The van der Waals surface area contributed by atoms with Gasteiger partial charge in [-0.05, 0) is 18.2 Å². The van der Waals surface area contributed by atoms with Crippen LogP contribution >= 0.6 is 11.6 Å². The van der Waals surface area contributed by atoms with Gasteiger partial charge < -0.3 is 0 Å². The molecule has 2 aromatic carbocycles. The Morgan fingerprint density at radius 2 is 1.62 bits per heavy atom. The number of carbonyl (C=O) groups excluding carboxylic acids is 1. The van der Waals surface area contributed by atoms with Crippen LogP contribution in [0.3, 0.4) is 0 Å². The highest BCUT2D eigenvalue weighted by molar-refractivity contribution is 6.33. The van der Waals surface area contributed by atoms with Gasteiger partial charge in [-0.1, -0.05) is 11.6 Å². The first kappa shape index (κ1) is 17.0. The lowest BCUT2D eigenvalue weighted by Crippen LogP contribution is -2.17. The van der Waals surface area contributed by atoms with Crippen LogP contribution < -0.4 is 5.43 Å². The Labute approximate surface area is 139 Å². The van der Waals surface area contributed by atoms with Crippen LogP contribution in [-0.4, -0.2) is 22.0 Å². The van der Waals surface area contributed by atoms with Crippen LogP contribution in [0.15, 0.2) is 47.6 Å². The molecule has 1 N–H and O–H groups in total. The number of nitro groups is 2. The zero-order valence-electron chi connectivity index (χ0n) is 11.9. The van der Waals surface area contributed by atoms with Gasteiger partial charge in [0.1, 0.15) is 0 Å². The van der Waals surface area contributed by atoms with Crippen molar-refractivity contribution in [2.75, 3.05) is 0 Å². The summed E-state index contributed by atoms with van der Waals surface area (Å²) in [5, 5.41) is 25.1. The van der Waals surface area contributed by atoms with Crippen molar-refractivity contribution in [2.45, 2.75) is 0 Å². The van der Waals surface area contributed by atoms with E-state index in [0.29, 0.717) is 0 Å². The number of non-ortho nitro benzene ring substituents is 2. The van der Waals surface area contributed by atoms with Crippen LogP contribution in [0.1, 0.15) is 15.9 Å². The number of nitrogens with one attached hydrogen (secondary N) is 1. The molecular weight excluding hydrogens is 340 g/mol. The van der Waals surface area contributed by atoms with Crippen molar-refractivity contribution >= 4 is 35.1 Å². The van der Waals surface area contributed by atoms with Gasteiger partial charge in [0.25, 0.3) is 17.3 Å². The summed E-state index contributed by atoms with van der Waals surface area (Å²) in [5.74, 6) is -0.595. The van der Waals surface area contributed by atoms with Gasteiger partial charge in [0, 0.05) is 40.4 Å². The van der Waals surface area contributed by atoms with E-state index in [4.69, 9.17) is 11.6 Å². The molecule has 2 rings (SSSR count). The smallest absolute Gasteiger partial charge is 0.267 e. The summed E-state index contributed by atoms with van der Waals surface area (Å²) < 4.78 is 0. The molecule has 0 aromatic heterocycles. The molecule has 0 aliphatic rings. The number of halogens is 1. The summed E-state index contributed by atoms with van der Waals surface area (Å²) >= 11 is 5.89. The van der Waals surface area contributed by atoms with E-state index in [1.165, 1.54) is 48.7 Å². The Morgan fingerprint density at radius 1 is 1.04 bits per heavy atom. The molecule has 0 aliphatic carbocycles. The summed E-state index contributed by atoms with van der Waals surface area (Å²) in [6.45, 7) is 0. The highest BCUT2D eigenvalue weighted by Gasteiger charge is 2.10. The topological polar surface area (TPSA) is 128 Å². The van der Waals surface area contributed by atoms with E-state index in [2.05, 4.69) is 10.5 Å². The van der Waals surface area contributed by atoms with Gasteiger partial charge in [-0.15, -0.1) is 0 Å². The number of benzene rings is 2. The maximum Gasteiger partial charge on any atom is 0.271 e. The van der Waals surface area contributed by atoms with Gasteiger partial charge in [0.2, 0.25) is 0 Å². The molecule has 0 heterocycles. The summed E-state index contributed by atoms with van der Waals surface area (Å²) in [5.41, 5.74) is 2.33. The molecule has 0 atom stereocenters. The highest BCUT2D eigenvalue weighted by Crippen LogP contribution is 2.20. The molecule has 0 saturated heterocycles. The summed E-state index contributed by atoms with van der Waals surface area (Å²) in [6, 6.07) is 8.75. The molecule has 10 heteroatoms. The van der Waals surface area contributed by atoms with Crippen LogP contribution in [0.25, 0.3) is 0 Å². The minimum absolute atomic E-state index is 0.140. The second-order valence-electron chi connectivity index (χ2n) is 4.47. The standard InChI is InChI=1S/C14H9ClN4O5/c15-13-6-5-12(19(23)24)7-10(13)8-16-17-14(20)9-1-3-11(4-2-9)18(21)22/h1-8H,(H,17,20)/b16-8+. The molecule has 9 nitrogen and oxygen atoms in total. The van der Waals surface area contributed by atoms with E-state index in [0.717, 1.165) is 0 Å². The van der Waals surface area contributed by atoms with E-state index < -0.39 is 15.8 Å². The first-order valence-corrected chi connectivity index (χ1v) is 6.78. The largest absolute Gasteiger partial charge is 0.271 e. The summed E-state index contributed by atoms with van der Waals surface area (Å²) in [6.07, 6.45) is 1.17. The average molecular weight is 349 g/mol. The number of nitro benzene ring substituents is 2. The zero-order valence-corrected chi connectivity index (χ0v) is 12.6. The number of nitrogens with zero attached hydrogens (tertiary/aromatic N) is 3. The quantitative estimate of drug-likeness (QED) is 0.504. The van der Waals surface area contributed by atoms with Gasteiger partial charge in [-0.2, -0.15) is 5.10 Å². The SMILES string of the molecule is O=C(N/N=C/c1cc([N+](=O)[O-])ccc1Cl)c1ccc([N+](=O)[O-])cc1. The van der Waals surface area contributed by atoms with E-state index >= 15 is 0 Å². The van der Waals surface area contributed by atoms with Crippen LogP contribution in [0.4, 0.5) is 11.4 Å². The van der Waals surface area contributed by atoms with Crippen molar-refractivity contribution in [3.8, 4) is 0 Å². The van der Waals surface area contributed by atoms with Gasteiger partial charge in [-0.3, -0.25) is 25.0 Å². The number of hydrogen-bond donors (Lipinski definition) is 1. The third-order valence-corrected chi connectivity index (χ3v) is 3.24. The van der Waals surface area contributed by atoms with Gasteiger partial charge in [-0.25, -0.2) is 5.43 Å². The molecule has 0 radical (unpaired) electrons. The number of hydrazone groups is 1. The fourth-order valence-corrected chi connectivity index (χ4v) is 1.87. The Bertz CT molecular complexity index is 836. The van der Waals surface area contributed by atoms with Crippen LogP contribution in [-0.2, 0) is 0 Å². The molecule has 1 amide bonds. The van der Waals surface area contributed by atoms with Crippen molar-refractivity contribution in [3.63, 3.8) is 0 Å². The number of hydrogen-bond acceptors (Lipinski definition) is 6. The minimum Gasteiger partial charge on any atom is -0.267 e. The fourth-order valence-electron chi connectivity index (χ4n) is 1.70. The van der Waals surface area contributed by atoms with Crippen molar-refractivity contribution in [1.29, 1.82) is 0 Å². The maximum absolute atomic E-state index is 11.8. The first-order valence-electron chi connectivity index (χ1n) is 6.40. The van der Waals surface area contributed by atoms with Gasteiger partial charge in [0.05, 0.1) is 16.1 Å². The second kappa shape index (κ2) is 7.29. The molecule has 0 saturated carbocycles. The van der Waals surface area contributed by atoms with Gasteiger partial charge >= 0.3 is 0 Å². The predicted molar refractivity (Wildman–Crippen MR) is 86.3 cm³/mol. The van der Waals surface area contributed by atoms with Crippen LogP contribution in [0, 0.1) is 20.2 Å². The molecule has 24 heavy (non-hydrogen) atoms. The Balaban J connectivity index is 2.08.